The first-order valence-corrected chi connectivity index (χ1v) is 6.27. The van der Waals surface area contributed by atoms with E-state index in [9.17, 15) is 5.11 Å². The summed E-state index contributed by atoms with van der Waals surface area (Å²) in [5.74, 6) is 0. The van der Waals surface area contributed by atoms with Gasteiger partial charge in [0.15, 0.2) is 0 Å². The molecule has 0 saturated carbocycles. The molecule has 0 bridgehead atoms. The van der Waals surface area contributed by atoms with Crippen LogP contribution < -0.4 is 5.32 Å². The first kappa shape index (κ1) is 12.8. The van der Waals surface area contributed by atoms with Crippen LogP contribution in [0, 0.1) is 0 Å². The van der Waals surface area contributed by atoms with Crippen molar-refractivity contribution in [2.45, 2.75) is 25.6 Å². The van der Waals surface area contributed by atoms with Crippen LogP contribution in [0.3, 0.4) is 0 Å². The van der Waals surface area contributed by atoms with Crippen molar-refractivity contribution in [1.29, 1.82) is 0 Å². The lowest BCUT2D eigenvalue weighted by atomic mass is 10.0. The third-order valence-corrected chi connectivity index (χ3v) is 3.01. The van der Waals surface area contributed by atoms with Crippen molar-refractivity contribution in [3.63, 3.8) is 0 Å². The fourth-order valence-corrected chi connectivity index (χ4v) is 2.05. The Morgan fingerprint density at radius 3 is 2.06 bits per heavy atom. The molecule has 0 aliphatic rings. The molecule has 0 aliphatic carbocycles. The van der Waals surface area contributed by atoms with Crippen LogP contribution in [0.15, 0.2) is 60.7 Å². The molecule has 0 fully saturated rings. The van der Waals surface area contributed by atoms with E-state index in [1.807, 2.05) is 55.5 Å². The van der Waals surface area contributed by atoms with Gasteiger partial charge in [-0.1, -0.05) is 60.7 Å². The molecule has 2 nitrogen and oxygen atoms in total. The molecular weight excluding hydrogens is 222 g/mol. The molecule has 0 heterocycles. The van der Waals surface area contributed by atoms with Crippen LogP contribution in [-0.2, 0) is 6.54 Å². The average molecular weight is 241 g/mol. The van der Waals surface area contributed by atoms with Crippen LogP contribution >= 0.6 is 0 Å². The van der Waals surface area contributed by atoms with Crippen molar-refractivity contribution in [3.05, 3.63) is 71.8 Å². The molecule has 94 valence electrons. The molecule has 0 aromatic heterocycles. The molecule has 2 unspecified atom stereocenters. The topological polar surface area (TPSA) is 32.3 Å². The van der Waals surface area contributed by atoms with Gasteiger partial charge in [0.1, 0.15) is 0 Å². The van der Waals surface area contributed by atoms with Crippen molar-refractivity contribution in [2.24, 2.45) is 0 Å². The summed E-state index contributed by atoms with van der Waals surface area (Å²) in [7, 11) is 0. The highest BCUT2D eigenvalue weighted by molar-refractivity contribution is 5.21. The molecule has 2 atom stereocenters. The zero-order valence-corrected chi connectivity index (χ0v) is 10.6. The summed E-state index contributed by atoms with van der Waals surface area (Å²) in [6, 6.07) is 20.2. The summed E-state index contributed by atoms with van der Waals surface area (Å²) in [6.07, 6.45) is -0.420. The fourth-order valence-electron chi connectivity index (χ4n) is 2.05. The number of nitrogens with one attached hydrogen (secondary N) is 1. The summed E-state index contributed by atoms with van der Waals surface area (Å²) in [4.78, 5) is 0. The molecule has 2 aromatic rings. The highest BCUT2D eigenvalue weighted by Crippen LogP contribution is 2.17. The van der Waals surface area contributed by atoms with Crippen LogP contribution in [0.2, 0.25) is 0 Å². The molecule has 2 heteroatoms. The predicted octanol–water partition coefficient (Wildman–Crippen LogP) is 2.90. The van der Waals surface area contributed by atoms with Crippen molar-refractivity contribution < 1.29 is 5.11 Å². The van der Waals surface area contributed by atoms with Gasteiger partial charge in [-0.3, -0.25) is 0 Å². The Bertz CT molecular complexity index is 453. The van der Waals surface area contributed by atoms with E-state index in [-0.39, 0.29) is 6.04 Å². The molecule has 0 aliphatic heterocycles. The van der Waals surface area contributed by atoms with E-state index in [1.54, 1.807) is 0 Å². The minimum atomic E-state index is -0.420. The van der Waals surface area contributed by atoms with E-state index in [0.717, 1.165) is 12.1 Å². The van der Waals surface area contributed by atoms with E-state index in [4.69, 9.17) is 0 Å². The van der Waals surface area contributed by atoms with Gasteiger partial charge in [-0.2, -0.15) is 0 Å². The van der Waals surface area contributed by atoms with Crippen molar-refractivity contribution in [3.8, 4) is 0 Å². The monoisotopic (exact) mass is 241 g/mol. The van der Waals surface area contributed by atoms with Crippen LogP contribution in [0.1, 0.15) is 24.1 Å². The van der Waals surface area contributed by atoms with E-state index < -0.39 is 6.10 Å². The Morgan fingerprint density at radius 1 is 0.944 bits per heavy atom. The van der Waals surface area contributed by atoms with E-state index in [1.165, 1.54) is 5.56 Å². The van der Waals surface area contributed by atoms with Crippen molar-refractivity contribution in [1.82, 2.24) is 5.32 Å². The maximum Gasteiger partial charge on any atom is 0.0706 e. The SMILES string of the molecule is CC(O)C(NCc1ccccc1)c1ccccc1. The molecule has 0 saturated heterocycles. The second-order valence-corrected chi connectivity index (χ2v) is 4.50. The summed E-state index contributed by atoms with van der Waals surface area (Å²) in [5, 5.41) is 13.3. The Hall–Kier alpha value is -1.64. The lowest BCUT2D eigenvalue weighted by Crippen LogP contribution is -2.29. The quantitative estimate of drug-likeness (QED) is 0.843. The number of rotatable bonds is 5. The summed E-state index contributed by atoms with van der Waals surface area (Å²) in [6.45, 7) is 2.57. The largest absolute Gasteiger partial charge is 0.391 e. The Labute approximate surface area is 108 Å². The zero-order valence-electron chi connectivity index (χ0n) is 10.6. The maximum atomic E-state index is 9.88. The van der Waals surface area contributed by atoms with E-state index in [2.05, 4.69) is 17.4 Å². The van der Waals surface area contributed by atoms with E-state index in [0.29, 0.717) is 0 Å². The van der Waals surface area contributed by atoms with Crippen LogP contribution in [0.5, 0.6) is 0 Å². The minimum absolute atomic E-state index is 0.0357. The van der Waals surface area contributed by atoms with Crippen LogP contribution in [0.4, 0.5) is 0 Å². The first-order chi connectivity index (χ1) is 8.77. The molecule has 0 amide bonds. The number of benzene rings is 2. The van der Waals surface area contributed by atoms with Crippen LogP contribution in [-0.4, -0.2) is 11.2 Å². The Balaban J connectivity index is 2.04. The number of aliphatic hydroxyl groups excluding tert-OH is 1. The van der Waals surface area contributed by atoms with Gasteiger partial charge in [-0.05, 0) is 18.1 Å². The maximum absolute atomic E-state index is 9.88. The van der Waals surface area contributed by atoms with Gasteiger partial charge in [0, 0.05) is 6.54 Å². The third kappa shape index (κ3) is 3.42. The summed E-state index contributed by atoms with van der Waals surface area (Å²) in [5.41, 5.74) is 2.34. The fraction of sp³-hybridized carbons (Fsp3) is 0.250. The molecule has 0 radical (unpaired) electrons. The smallest absolute Gasteiger partial charge is 0.0706 e. The lowest BCUT2D eigenvalue weighted by Gasteiger charge is -2.22. The summed E-state index contributed by atoms with van der Waals surface area (Å²) < 4.78 is 0. The second kappa shape index (κ2) is 6.34. The second-order valence-electron chi connectivity index (χ2n) is 4.50. The van der Waals surface area contributed by atoms with Crippen LogP contribution in [0.25, 0.3) is 0 Å². The minimum Gasteiger partial charge on any atom is -0.391 e. The number of aliphatic hydroxyl groups is 1. The number of hydrogen-bond donors (Lipinski definition) is 2. The van der Waals surface area contributed by atoms with Gasteiger partial charge in [0.05, 0.1) is 12.1 Å². The van der Waals surface area contributed by atoms with Gasteiger partial charge < -0.3 is 10.4 Å². The Morgan fingerprint density at radius 2 is 1.50 bits per heavy atom. The van der Waals surface area contributed by atoms with E-state index >= 15 is 0 Å². The molecule has 2 aromatic carbocycles. The molecular formula is C16H19NO. The van der Waals surface area contributed by atoms with Crippen molar-refractivity contribution in [2.75, 3.05) is 0 Å². The van der Waals surface area contributed by atoms with Gasteiger partial charge in [-0.15, -0.1) is 0 Å². The first-order valence-electron chi connectivity index (χ1n) is 6.27. The van der Waals surface area contributed by atoms with Gasteiger partial charge >= 0.3 is 0 Å². The number of hydrogen-bond acceptors (Lipinski definition) is 2. The molecule has 18 heavy (non-hydrogen) atoms. The molecule has 2 rings (SSSR count). The Kier molecular flexibility index (Phi) is 4.51. The van der Waals surface area contributed by atoms with Crippen molar-refractivity contribution >= 4 is 0 Å². The normalized spacial score (nSPS) is 14.1. The third-order valence-electron chi connectivity index (χ3n) is 3.01. The predicted molar refractivity (Wildman–Crippen MR) is 74.1 cm³/mol. The lowest BCUT2D eigenvalue weighted by molar-refractivity contribution is 0.144. The zero-order chi connectivity index (χ0) is 12.8. The van der Waals surface area contributed by atoms with Gasteiger partial charge in [-0.25, -0.2) is 0 Å². The highest BCUT2D eigenvalue weighted by Gasteiger charge is 2.15. The standard InChI is InChI=1S/C16H19NO/c1-13(18)16(15-10-6-3-7-11-15)17-12-14-8-4-2-5-9-14/h2-11,13,16-18H,12H2,1H3. The van der Waals surface area contributed by atoms with Gasteiger partial charge in [0.25, 0.3) is 0 Å². The van der Waals surface area contributed by atoms with Gasteiger partial charge in [0.2, 0.25) is 0 Å². The average Bonchev–Trinajstić information content (AvgIpc) is 2.41. The molecule has 2 N–H and O–H groups in total. The molecule has 0 spiro atoms. The summed E-state index contributed by atoms with van der Waals surface area (Å²) >= 11 is 0. The highest BCUT2D eigenvalue weighted by atomic mass is 16.3.